The standard InChI is InChI=1S/C30H28F6O4/c1-3-15-39-23-13-11-18(24(31)29(23)36)16-5-7-17(8-6-16)40-30(37)21-10-9-19(25(32)27(21)34)20-12-14-22(38-4-2)28(35)26(20)33/h9-14,16-17H,3-8,15H2,1-2H3. The number of ether oxygens (including phenoxy) is 3. The van der Waals surface area contributed by atoms with E-state index in [0.29, 0.717) is 32.1 Å². The molecule has 0 saturated heterocycles. The summed E-state index contributed by atoms with van der Waals surface area (Å²) < 4.78 is 103. The highest BCUT2D eigenvalue weighted by molar-refractivity contribution is 5.90. The summed E-state index contributed by atoms with van der Waals surface area (Å²) >= 11 is 0. The van der Waals surface area contributed by atoms with E-state index in [2.05, 4.69) is 0 Å². The molecule has 3 aromatic carbocycles. The minimum atomic E-state index is -1.56. The Hall–Kier alpha value is -3.69. The quantitative estimate of drug-likeness (QED) is 0.193. The molecule has 0 aromatic heterocycles. The van der Waals surface area contributed by atoms with E-state index in [1.54, 1.807) is 6.92 Å². The van der Waals surface area contributed by atoms with Gasteiger partial charge in [0.1, 0.15) is 6.10 Å². The molecule has 1 fully saturated rings. The van der Waals surface area contributed by atoms with E-state index < -0.39 is 63.7 Å². The van der Waals surface area contributed by atoms with Crippen molar-refractivity contribution in [3.63, 3.8) is 0 Å². The molecule has 0 N–H and O–H groups in total. The van der Waals surface area contributed by atoms with Crippen LogP contribution < -0.4 is 9.47 Å². The highest BCUT2D eigenvalue weighted by Crippen LogP contribution is 2.38. The maximum absolute atomic E-state index is 14.9. The van der Waals surface area contributed by atoms with Gasteiger partial charge in [-0.1, -0.05) is 19.1 Å². The third-order valence-electron chi connectivity index (χ3n) is 6.87. The van der Waals surface area contributed by atoms with Crippen LogP contribution in [0, 0.1) is 34.9 Å². The van der Waals surface area contributed by atoms with Gasteiger partial charge >= 0.3 is 5.97 Å². The summed E-state index contributed by atoms with van der Waals surface area (Å²) in [6, 6.07) is 6.94. The van der Waals surface area contributed by atoms with Crippen LogP contribution in [0.2, 0.25) is 0 Å². The van der Waals surface area contributed by atoms with Crippen molar-refractivity contribution in [1.29, 1.82) is 0 Å². The van der Waals surface area contributed by atoms with Gasteiger partial charge in [0, 0.05) is 11.1 Å². The molecule has 4 nitrogen and oxygen atoms in total. The maximum Gasteiger partial charge on any atom is 0.341 e. The summed E-state index contributed by atoms with van der Waals surface area (Å²) in [5.41, 5.74) is -1.61. The van der Waals surface area contributed by atoms with Crippen LogP contribution in [0.3, 0.4) is 0 Å². The number of hydrogen-bond acceptors (Lipinski definition) is 4. The Balaban J connectivity index is 1.43. The summed E-state index contributed by atoms with van der Waals surface area (Å²) in [6.07, 6.45) is 1.34. The molecule has 0 bridgehead atoms. The van der Waals surface area contributed by atoms with Crippen molar-refractivity contribution in [2.75, 3.05) is 13.2 Å². The van der Waals surface area contributed by atoms with Gasteiger partial charge in [-0.3, -0.25) is 0 Å². The predicted molar refractivity (Wildman–Crippen MR) is 135 cm³/mol. The average Bonchev–Trinajstić information content (AvgIpc) is 2.94. The van der Waals surface area contributed by atoms with Crippen LogP contribution in [-0.4, -0.2) is 25.3 Å². The first-order chi connectivity index (χ1) is 19.2. The van der Waals surface area contributed by atoms with Gasteiger partial charge in [-0.05, 0) is 74.8 Å². The summed E-state index contributed by atoms with van der Waals surface area (Å²) in [6.45, 7) is 3.76. The predicted octanol–water partition coefficient (Wildman–Crippen LogP) is 8.26. The molecule has 0 radical (unpaired) electrons. The van der Waals surface area contributed by atoms with Crippen LogP contribution >= 0.6 is 0 Å². The number of rotatable bonds is 9. The van der Waals surface area contributed by atoms with Gasteiger partial charge in [0.05, 0.1) is 18.8 Å². The van der Waals surface area contributed by atoms with Crippen LogP contribution in [0.4, 0.5) is 26.3 Å². The van der Waals surface area contributed by atoms with Crippen molar-refractivity contribution in [3.05, 3.63) is 82.4 Å². The lowest BCUT2D eigenvalue weighted by Gasteiger charge is -2.29. The third kappa shape index (κ3) is 5.90. The van der Waals surface area contributed by atoms with Gasteiger partial charge in [-0.25, -0.2) is 22.4 Å². The highest BCUT2D eigenvalue weighted by Gasteiger charge is 2.30. The van der Waals surface area contributed by atoms with Gasteiger partial charge in [0.2, 0.25) is 11.6 Å². The number of carbonyl (C=O) groups excluding carboxylic acids is 1. The zero-order valence-corrected chi connectivity index (χ0v) is 22.0. The molecule has 4 rings (SSSR count). The largest absolute Gasteiger partial charge is 0.491 e. The summed E-state index contributed by atoms with van der Waals surface area (Å²) in [4.78, 5) is 12.6. The average molecular weight is 567 g/mol. The van der Waals surface area contributed by atoms with E-state index in [-0.39, 0.29) is 36.2 Å². The van der Waals surface area contributed by atoms with E-state index in [1.807, 2.05) is 6.92 Å². The Bertz CT molecular complexity index is 1390. The Morgan fingerprint density at radius 1 is 0.700 bits per heavy atom. The minimum Gasteiger partial charge on any atom is -0.491 e. The molecule has 214 valence electrons. The molecule has 0 atom stereocenters. The molecule has 0 unspecified atom stereocenters. The third-order valence-corrected chi connectivity index (χ3v) is 6.87. The molecule has 1 saturated carbocycles. The van der Waals surface area contributed by atoms with Gasteiger partial charge in [0.15, 0.2) is 34.8 Å². The molecule has 1 aliphatic rings. The van der Waals surface area contributed by atoms with E-state index in [9.17, 15) is 31.1 Å². The number of hydrogen-bond donors (Lipinski definition) is 0. The summed E-state index contributed by atoms with van der Waals surface area (Å²) in [5, 5.41) is 0. The summed E-state index contributed by atoms with van der Waals surface area (Å²) in [5.74, 6) is -9.85. The Morgan fingerprint density at radius 2 is 1.27 bits per heavy atom. The second-order valence-electron chi connectivity index (χ2n) is 9.47. The molecule has 0 spiro atoms. The zero-order valence-electron chi connectivity index (χ0n) is 22.0. The van der Waals surface area contributed by atoms with Crippen molar-refractivity contribution in [3.8, 4) is 22.6 Å². The van der Waals surface area contributed by atoms with Crippen molar-refractivity contribution in [2.45, 2.75) is 58.0 Å². The molecule has 0 heterocycles. The van der Waals surface area contributed by atoms with Crippen LogP contribution in [-0.2, 0) is 4.74 Å². The Labute approximate surface area is 227 Å². The van der Waals surface area contributed by atoms with Crippen molar-refractivity contribution >= 4 is 5.97 Å². The Morgan fingerprint density at radius 3 is 1.93 bits per heavy atom. The molecule has 0 aliphatic heterocycles. The smallest absolute Gasteiger partial charge is 0.341 e. The number of esters is 1. The highest BCUT2D eigenvalue weighted by atomic mass is 19.2. The van der Waals surface area contributed by atoms with Gasteiger partial charge in [-0.2, -0.15) is 8.78 Å². The fourth-order valence-corrected chi connectivity index (χ4v) is 4.81. The molecule has 1 aliphatic carbocycles. The normalized spacial score (nSPS) is 17.0. The number of carbonyl (C=O) groups is 1. The minimum absolute atomic E-state index is 0.0776. The van der Waals surface area contributed by atoms with Crippen molar-refractivity contribution in [1.82, 2.24) is 0 Å². The van der Waals surface area contributed by atoms with Crippen LogP contribution in [0.15, 0.2) is 36.4 Å². The van der Waals surface area contributed by atoms with Gasteiger partial charge in [-0.15, -0.1) is 0 Å². The monoisotopic (exact) mass is 566 g/mol. The lowest BCUT2D eigenvalue weighted by molar-refractivity contribution is 0.0188. The maximum atomic E-state index is 14.9. The molecule has 10 heteroatoms. The summed E-state index contributed by atoms with van der Waals surface area (Å²) in [7, 11) is 0. The Kier molecular flexibility index (Phi) is 9.27. The molecular formula is C30H28F6O4. The number of halogens is 6. The first-order valence-corrected chi connectivity index (χ1v) is 13.1. The lowest BCUT2D eigenvalue weighted by Crippen LogP contribution is -2.25. The first-order valence-electron chi connectivity index (χ1n) is 13.1. The topological polar surface area (TPSA) is 44.8 Å². The second kappa shape index (κ2) is 12.7. The lowest BCUT2D eigenvalue weighted by atomic mass is 9.82. The van der Waals surface area contributed by atoms with E-state index in [4.69, 9.17) is 14.2 Å². The van der Waals surface area contributed by atoms with E-state index in [0.717, 1.165) is 24.3 Å². The van der Waals surface area contributed by atoms with E-state index in [1.165, 1.54) is 12.1 Å². The van der Waals surface area contributed by atoms with Crippen LogP contribution in [0.1, 0.15) is 67.8 Å². The van der Waals surface area contributed by atoms with Crippen LogP contribution in [0.5, 0.6) is 11.5 Å². The zero-order chi connectivity index (χ0) is 29.0. The fraction of sp³-hybridized carbons (Fsp3) is 0.367. The number of benzene rings is 3. The fourth-order valence-electron chi connectivity index (χ4n) is 4.81. The SMILES string of the molecule is CCCOc1ccc(C2CCC(OC(=O)c3ccc(-c4ccc(OCC)c(F)c4F)c(F)c3F)CC2)c(F)c1F. The van der Waals surface area contributed by atoms with Gasteiger partial charge in [0.25, 0.3) is 0 Å². The molecule has 3 aromatic rings. The van der Waals surface area contributed by atoms with Gasteiger partial charge < -0.3 is 14.2 Å². The molecular weight excluding hydrogens is 538 g/mol. The second-order valence-corrected chi connectivity index (χ2v) is 9.47. The van der Waals surface area contributed by atoms with E-state index >= 15 is 0 Å². The van der Waals surface area contributed by atoms with Crippen molar-refractivity contribution < 1.29 is 45.3 Å². The van der Waals surface area contributed by atoms with Crippen LogP contribution in [0.25, 0.3) is 11.1 Å². The molecule has 0 amide bonds. The first kappa shape index (κ1) is 29.3. The molecule has 40 heavy (non-hydrogen) atoms. The van der Waals surface area contributed by atoms with Crippen molar-refractivity contribution in [2.24, 2.45) is 0 Å².